The Morgan fingerprint density at radius 2 is 2.00 bits per heavy atom. The van der Waals surface area contributed by atoms with Gasteiger partial charge in [-0.3, -0.25) is 14.6 Å². The minimum Gasteiger partial charge on any atom is -0.369 e. The number of halogens is 2. The molecule has 1 spiro atoms. The Hall–Kier alpha value is -1.14. The molecule has 0 unspecified atom stereocenters. The van der Waals surface area contributed by atoms with Crippen LogP contribution in [0, 0.1) is 5.41 Å². The van der Waals surface area contributed by atoms with E-state index in [1.165, 1.54) is 0 Å². The predicted octanol–water partition coefficient (Wildman–Crippen LogP) is 1.78. The largest absolute Gasteiger partial charge is 0.369 e. The van der Waals surface area contributed by atoms with Gasteiger partial charge >= 0.3 is 0 Å². The zero-order valence-electron chi connectivity index (χ0n) is 10.7. The molecule has 106 valence electrons. The first-order valence-electron chi connectivity index (χ1n) is 6.40. The van der Waals surface area contributed by atoms with Crippen LogP contribution in [-0.4, -0.2) is 36.3 Å². The Kier molecular flexibility index (Phi) is 3.46. The van der Waals surface area contributed by atoms with E-state index in [9.17, 15) is 9.59 Å². The van der Waals surface area contributed by atoms with E-state index in [4.69, 9.17) is 11.6 Å². The summed E-state index contributed by atoms with van der Waals surface area (Å²) in [5, 5.41) is 3.22. The van der Waals surface area contributed by atoms with Crippen molar-refractivity contribution < 1.29 is 9.59 Å². The fraction of sp³-hybridized carbons (Fsp3) is 0.462. The Morgan fingerprint density at radius 3 is 2.55 bits per heavy atom. The second kappa shape index (κ2) is 5.00. The van der Waals surface area contributed by atoms with E-state index in [2.05, 4.69) is 31.1 Å². The zero-order valence-corrected chi connectivity index (χ0v) is 13.0. The van der Waals surface area contributed by atoms with Gasteiger partial charge in [-0.15, -0.1) is 0 Å². The predicted molar refractivity (Wildman–Crippen MR) is 78.8 cm³/mol. The number of Topliss-reactive ketones (excluding diaryl/α,β-unsaturated/α-hetero) is 1. The number of nitrogens with one attached hydrogen (secondary N) is 1. The molecule has 2 aliphatic heterocycles. The molecule has 5 nitrogen and oxygen atoms in total. The number of hydrogen-bond acceptors (Lipinski definition) is 4. The maximum absolute atomic E-state index is 12.0. The highest BCUT2D eigenvalue weighted by molar-refractivity contribution is 9.10. The summed E-state index contributed by atoms with van der Waals surface area (Å²) < 4.78 is 0.822. The van der Waals surface area contributed by atoms with E-state index in [1.807, 2.05) is 0 Å². The molecular formula is C13H13BrClN3O2. The van der Waals surface area contributed by atoms with Gasteiger partial charge in [0.15, 0.2) is 5.78 Å². The fourth-order valence-corrected chi connectivity index (χ4v) is 3.92. The summed E-state index contributed by atoms with van der Waals surface area (Å²) in [4.78, 5) is 30.0. The number of ketones is 1. The molecular weight excluding hydrogens is 346 g/mol. The van der Waals surface area contributed by atoms with Gasteiger partial charge in [0.2, 0.25) is 5.91 Å². The molecule has 20 heavy (non-hydrogen) atoms. The highest BCUT2D eigenvalue weighted by Gasteiger charge is 2.51. The SMILES string of the molecule is O=C1CNC(=O)C12CCN(c1c(Cl)cncc1Br)CC2. The third-order valence-corrected chi connectivity index (χ3v) is 5.00. The molecule has 0 aliphatic carbocycles. The summed E-state index contributed by atoms with van der Waals surface area (Å²) in [5.41, 5.74) is 0.0602. The molecule has 2 fully saturated rings. The molecule has 0 radical (unpaired) electrons. The van der Waals surface area contributed by atoms with Crippen LogP contribution < -0.4 is 10.2 Å². The first-order valence-corrected chi connectivity index (χ1v) is 7.57. The van der Waals surface area contributed by atoms with Crippen molar-refractivity contribution in [2.45, 2.75) is 12.8 Å². The molecule has 2 aliphatic rings. The highest BCUT2D eigenvalue weighted by atomic mass is 79.9. The normalized spacial score (nSPS) is 21.4. The molecule has 7 heteroatoms. The van der Waals surface area contributed by atoms with Crippen LogP contribution >= 0.6 is 27.5 Å². The van der Waals surface area contributed by atoms with E-state index in [0.29, 0.717) is 31.0 Å². The summed E-state index contributed by atoms with van der Waals surface area (Å²) in [6, 6.07) is 0. The zero-order chi connectivity index (χ0) is 14.3. The van der Waals surface area contributed by atoms with E-state index in [-0.39, 0.29) is 18.2 Å². The fourth-order valence-electron chi connectivity index (χ4n) is 2.95. The topological polar surface area (TPSA) is 62.3 Å². The highest BCUT2D eigenvalue weighted by Crippen LogP contribution is 2.40. The van der Waals surface area contributed by atoms with Crippen molar-refractivity contribution in [3.63, 3.8) is 0 Å². The van der Waals surface area contributed by atoms with E-state index in [0.717, 1.165) is 10.2 Å². The van der Waals surface area contributed by atoms with Gasteiger partial charge in [0, 0.05) is 25.5 Å². The number of piperidine rings is 1. The number of aromatic nitrogens is 1. The second-order valence-corrected chi connectivity index (χ2v) is 6.39. The average molecular weight is 359 g/mol. The first-order chi connectivity index (χ1) is 9.54. The summed E-state index contributed by atoms with van der Waals surface area (Å²) in [7, 11) is 0. The van der Waals surface area contributed by atoms with Crippen molar-refractivity contribution in [2.24, 2.45) is 5.41 Å². The van der Waals surface area contributed by atoms with Crippen molar-refractivity contribution in [1.82, 2.24) is 10.3 Å². The Balaban J connectivity index is 1.83. The Labute approximate surface area is 129 Å². The number of hydrogen-bond donors (Lipinski definition) is 1. The third-order valence-electron chi connectivity index (χ3n) is 4.14. The van der Waals surface area contributed by atoms with Crippen LogP contribution in [0.1, 0.15) is 12.8 Å². The summed E-state index contributed by atoms with van der Waals surface area (Å²) in [5.74, 6) is -0.107. The number of carbonyl (C=O) groups is 2. The van der Waals surface area contributed by atoms with Crippen LogP contribution in [0.2, 0.25) is 5.02 Å². The Bertz CT molecular complexity index is 547. The van der Waals surface area contributed by atoms with Crippen molar-refractivity contribution in [3.8, 4) is 0 Å². The van der Waals surface area contributed by atoms with E-state index < -0.39 is 5.41 Å². The lowest BCUT2D eigenvalue weighted by molar-refractivity contribution is -0.136. The lowest BCUT2D eigenvalue weighted by Gasteiger charge is -2.38. The molecule has 1 aromatic heterocycles. The molecule has 3 heterocycles. The van der Waals surface area contributed by atoms with Crippen LogP contribution in [0.3, 0.4) is 0 Å². The van der Waals surface area contributed by atoms with Crippen LogP contribution in [-0.2, 0) is 9.59 Å². The molecule has 0 atom stereocenters. The molecule has 0 bridgehead atoms. The van der Waals surface area contributed by atoms with E-state index >= 15 is 0 Å². The molecule has 3 rings (SSSR count). The summed E-state index contributed by atoms with van der Waals surface area (Å²) in [6.45, 7) is 1.42. The summed E-state index contributed by atoms with van der Waals surface area (Å²) >= 11 is 9.64. The minimum atomic E-state index is -0.817. The first kappa shape index (κ1) is 13.8. The van der Waals surface area contributed by atoms with Crippen LogP contribution in [0.4, 0.5) is 5.69 Å². The lowest BCUT2D eigenvalue weighted by atomic mass is 9.76. The Morgan fingerprint density at radius 1 is 1.30 bits per heavy atom. The van der Waals surface area contributed by atoms with Gasteiger partial charge in [-0.1, -0.05) is 11.6 Å². The van der Waals surface area contributed by atoms with Crippen LogP contribution in [0.5, 0.6) is 0 Å². The van der Waals surface area contributed by atoms with Gasteiger partial charge in [0.25, 0.3) is 0 Å². The lowest BCUT2D eigenvalue weighted by Crippen LogP contribution is -2.47. The monoisotopic (exact) mass is 357 g/mol. The number of rotatable bonds is 1. The number of amides is 1. The maximum atomic E-state index is 12.0. The second-order valence-electron chi connectivity index (χ2n) is 5.13. The standard InChI is InChI=1S/C13H13BrClN3O2/c14-8-5-16-6-9(15)11(8)18-3-1-13(2-4-18)10(19)7-17-12(13)20/h5-6H,1-4,7H2,(H,17,20). The van der Waals surface area contributed by atoms with Gasteiger partial charge in [0.1, 0.15) is 5.41 Å². The van der Waals surface area contributed by atoms with Crippen molar-refractivity contribution >= 4 is 44.9 Å². The molecule has 1 N–H and O–H groups in total. The van der Waals surface area contributed by atoms with Gasteiger partial charge in [-0.25, -0.2) is 0 Å². The number of pyridine rings is 1. The number of nitrogens with zero attached hydrogens (tertiary/aromatic N) is 2. The van der Waals surface area contributed by atoms with Crippen molar-refractivity contribution in [2.75, 3.05) is 24.5 Å². The van der Waals surface area contributed by atoms with Crippen molar-refractivity contribution in [3.05, 3.63) is 21.9 Å². The summed E-state index contributed by atoms with van der Waals surface area (Å²) in [6.07, 6.45) is 4.35. The maximum Gasteiger partial charge on any atom is 0.234 e. The molecule has 0 aromatic carbocycles. The van der Waals surface area contributed by atoms with Gasteiger partial charge < -0.3 is 10.2 Å². The van der Waals surface area contributed by atoms with E-state index in [1.54, 1.807) is 12.4 Å². The van der Waals surface area contributed by atoms with Crippen LogP contribution in [0.25, 0.3) is 0 Å². The molecule has 1 aromatic rings. The molecule has 0 saturated carbocycles. The smallest absolute Gasteiger partial charge is 0.234 e. The quantitative estimate of drug-likeness (QED) is 0.778. The van der Waals surface area contributed by atoms with Gasteiger partial charge in [0.05, 0.1) is 21.7 Å². The third kappa shape index (κ3) is 2.02. The average Bonchev–Trinajstić information content (AvgIpc) is 2.69. The molecule has 1 amide bonds. The van der Waals surface area contributed by atoms with Gasteiger partial charge in [-0.2, -0.15) is 0 Å². The van der Waals surface area contributed by atoms with Crippen molar-refractivity contribution in [1.29, 1.82) is 0 Å². The number of carbonyl (C=O) groups excluding carboxylic acids is 2. The minimum absolute atomic E-state index is 0.0158. The number of anilines is 1. The van der Waals surface area contributed by atoms with Crippen LogP contribution in [0.15, 0.2) is 16.9 Å². The molecule has 2 saturated heterocycles. The van der Waals surface area contributed by atoms with Gasteiger partial charge in [-0.05, 0) is 28.8 Å².